The first-order chi connectivity index (χ1) is 13.7. The quantitative estimate of drug-likeness (QED) is 0.556. The molecule has 0 unspecified atom stereocenters. The van der Waals surface area contributed by atoms with E-state index < -0.39 is 21.8 Å². The molecule has 1 saturated heterocycles. The Labute approximate surface area is 168 Å². The lowest BCUT2D eigenvalue weighted by Gasteiger charge is -2.34. The van der Waals surface area contributed by atoms with Gasteiger partial charge in [0, 0.05) is 51.3 Å². The van der Waals surface area contributed by atoms with Crippen molar-refractivity contribution in [3.63, 3.8) is 0 Å². The number of hydrogen-bond acceptors (Lipinski definition) is 5. The highest BCUT2D eigenvalue weighted by atomic mass is 32.2. The summed E-state index contributed by atoms with van der Waals surface area (Å²) in [7, 11) is -1.87. The van der Waals surface area contributed by atoms with Crippen LogP contribution in [0.1, 0.15) is 10.4 Å². The zero-order valence-electron chi connectivity index (χ0n) is 15.9. The molecule has 9 nitrogen and oxygen atoms in total. The number of carbonyl (C=O) groups is 2. The van der Waals surface area contributed by atoms with Crippen LogP contribution in [0.15, 0.2) is 54.2 Å². The number of amides is 2. The number of aromatic hydroxyl groups is 1. The second-order valence-corrected chi connectivity index (χ2v) is 8.57. The molecule has 1 aromatic carbocycles. The van der Waals surface area contributed by atoms with Crippen molar-refractivity contribution in [1.29, 1.82) is 0 Å². The Hall–Kier alpha value is -3.11. The Morgan fingerprint density at radius 1 is 1.17 bits per heavy atom. The van der Waals surface area contributed by atoms with Gasteiger partial charge in [0.15, 0.2) is 0 Å². The van der Waals surface area contributed by atoms with Gasteiger partial charge in [-0.3, -0.25) is 9.59 Å². The second-order valence-electron chi connectivity index (χ2n) is 6.63. The van der Waals surface area contributed by atoms with Crippen LogP contribution in [0.25, 0.3) is 0 Å². The van der Waals surface area contributed by atoms with Crippen molar-refractivity contribution >= 4 is 27.5 Å². The van der Waals surface area contributed by atoms with Crippen molar-refractivity contribution in [3.8, 4) is 5.75 Å². The summed E-state index contributed by atoms with van der Waals surface area (Å²) in [6.07, 6.45) is 4.29. The molecule has 10 heteroatoms. The third kappa shape index (κ3) is 4.33. The van der Waals surface area contributed by atoms with Crippen molar-refractivity contribution in [2.45, 2.75) is 4.90 Å². The van der Waals surface area contributed by atoms with Gasteiger partial charge in [0.1, 0.15) is 5.75 Å². The van der Waals surface area contributed by atoms with Crippen LogP contribution in [-0.4, -0.2) is 65.3 Å². The molecule has 0 saturated carbocycles. The number of hydrogen-bond donors (Lipinski definition) is 2. The summed E-state index contributed by atoms with van der Waals surface area (Å²) in [5.74, 6) is -1.09. The molecule has 1 aliphatic heterocycles. The number of nitrogens with one attached hydrogen (secondary N) is 1. The van der Waals surface area contributed by atoms with E-state index in [1.165, 1.54) is 39.7 Å². The lowest BCUT2D eigenvalue weighted by molar-refractivity contribution is -0.111. The van der Waals surface area contributed by atoms with Crippen LogP contribution in [0.2, 0.25) is 0 Å². The summed E-state index contributed by atoms with van der Waals surface area (Å²) in [4.78, 5) is 26.0. The van der Waals surface area contributed by atoms with E-state index in [-0.39, 0.29) is 42.4 Å². The first-order valence-electron chi connectivity index (χ1n) is 8.90. The predicted octanol–water partition coefficient (Wildman–Crippen LogP) is 1.00. The third-order valence-corrected chi connectivity index (χ3v) is 6.53. The molecule has 1 aromatic heterocycles. The maximum atomic E-state index is 12.8. The number of aromatic nitrogens is 1. The van der Waals surface area contributed by atoms with Crippen LogP contribution in [0.4, 0.5) is 5.69 Å². The molecule has 0 spiro atoms. The van der Waals surface area contributed by atoms with Crippen LogP contribution in [0, 0.1) is 0 Å². The molecule has 1 aliphatic rings. The van der Waals surface area contributed by atoms with E-state index >= 15 is 0 Å². The number of anilines is 1. The summed E-state index contributed by atoms with van der Waals surface area (Å²) in [6.45, 7) is 4.04. The number of benzene rings is 1. The van der Waals surface area contributed by atoms with Gasteiger partial charge in [0.25, 0.3) is 5.91 Å². The van der Waals surface area contributed by atoms with Gasteiger partial charge >= 0.3 is 0 Å². The van der Waals surface area contributed by atoms with E-state index in [0.717, 1.165) is 6.08 Å². The van der Waals surface area contributed by atoms with Crippen molar-refractivity contribution in [2.24, 2.45) is 7.05 Å². The van der Waals surface area contributed by atoms with E-state index in [1.807, 2.05) is 0 Å². The maximum Gasteiger partial charge on any atom is 0.257 e. The second kappa shape index (κ2) is 8.10. The summed E-state index contributed by atoms with van der Waals surface area (Å²) in [5, 5.41) is 12.6. The molecular weight excluding hydrogens is 396 g/mol. The Kier molecular flexibility index (Phi) is 5.76. The van der Waals surface area contributed by atoms with E-state index in [0.29, 0.717) is 5.69 Å². The number of aryl methyl sites for hydroxylation is 1. The molecule has 1 fully saturated rings. The van der Waals surface area contributed by atoms with Crippen LogP contribution < -0.4 is 5.32 Å². The topological polar surface area (TPSA) is 112 Å². The first kappa shape index (κ1) is 20.6. The van der Waals surface area contributed by atoms with Crippen molar-refractivity contribution in [3.05, 3.63) is 54.9 Å². The minimum Gasteiger partial charge on any atom is -0.507 e. The molecular formula is C19H22N4O5S. The monoisotopic (exact) mass is 418 g/mol. The fraction of sp³-hybridized carbons (Fsp3) is 0.263. The van der Waals surface area contributed by atoms with Crippen LogP contribution >= 0.6 is 0 Å². The lowest BCUT2D eigenvalue weighted by Crippen LogP contribution is -2.50. The number of phenolic OH excluding ortho intramolecular Hbond substituents is 1. The van der Waals surface area contributed by atoms with Gasteiger partial charge in [-0.15, -0.1) is 0 Å². The largest absolute Gasteiger partial charge is 0.507 e. The zero-order chi connectivity index (χ0) is 21.2. The van der Waals surface area contributed by atoms with E-state index in [4.69, 9.17) is 0 Å². The van der Waals surface area contributed by atoms with Gasteiger partial charge in [-0.1, -0.05) is 6.58 Å². The molecule has 0 bridgehead atoms. The fourth-order valence-corrected chi connectivity index (χ4v) is 4.53. The smallest absolute Gasteiger partial charge is 0.257 e. The summed E-state index contributed by atoms with van der Waals surface area (Å²) >= 11 is 0. The number of phenols is 1. The molecule has 2 heterocycles. The molecule has 2 N–H and O–H groups in total. The van der Waals surface area contributed by atoms with Gasteiger partial charge < -0.3 is 19.9 Å². The first-order valence-corrected chi connectivity index (χ1v) is 10.3. The van der Waals surface area contributed by atoms with Crippen molar-refractivity contribution < 1.29 is 23.1 Å². The minimum absolute atomic E-state index is 0.0335. The molecule has 29 heavy (non-hydrogen) atoms. The van der Waals surface area contributed by atoms with Gasteiger partial charge in [-0.2, -0.15) is 4.31 Å². The number of sulfonamides is 1. The summed E-state index contributed by atoms with van der Waals surface area (Å²) < 4.78 is 28.4. The van der Waals surface area contributed by atoms with Crippen LogP contribution in [0.5, 0.6) is 5.75 Å². The van der Waals surface area contributed by atoms with E-state index in [1.54, 1.807) is 17.8 Å². The third-order valence-electron chi connectivity index (χ3n) is 4.65. The lowest BCUT2D eigenvalue weighted by atomic mass is 10.1. The molecule has 154 valence electrons. The van der Waals surface area contributed by atoms with Crippen molar-refractivity contribution in [1.82, 2.24) is 13.8 Å². The Morgan fingerprint density at radius 3 is 2.45 bits per heavy atom. The molecule has 0 atom stereocenters. The summed E-state index contributed by atoms with van der Waals surface area (Å²) in [6, 6.07) is 5.71. The van der Waals surface area contributed by atoms with Gasteiger partial charge in [0.05, 0.1) is 10.5 Å². The molecule has 2 amide bonds. The molecule has 3 rings (SSSR count). The van der Waals surface area contributed by atoms with Crippen molar-refractivity contribution in [2.75, 3.05) is 31.5 Å². The zero-order valence-corrected chi connectivity index (χ0v) is 16.7. The van der Waals surface area contributed by atoms with Gasteiger partial charge in [-0.25, -0.2) is 8.42 Å². The Morgan fingerprint density at radius 2 is 1.86 bits per heavy atom. The normalized spacial score (nSPS) is 15.1. The molecule has 0 radical (unpaired) electrons. The number of piperazine rings is 1. The highest BCUT2D eigenvalue weighted by Gasteiger charge is 2.31. The van der Waals surface area contributed by atoms with Gasteiger partial charge in [-0.05, 0) is 30.3 Å². The number of rotatable bonds is 5. The SMILES string of the molecule is C=CC(=O)Nc1ccc(O)c(C(=O)N2CCN(S(=O)(=O)c3ccn(C)c3)CC2)c1. The minimum atomic E-state index is -3.62. The maximum absolute atomic E-state index is 12.8. The Bertz CT molecular complexity index is 1050. The molecule has 2 aromatic rings. The van der Waals surface area contributed by atoms with Crippen LogP contribution in [-0.2, 0) is 21.9 Å². The average molecular weight is 418 g/mol. The Balaban J connectivity index is 1.71. The molecule has 0 aliphatic carbocycles. The van der Waals surface area contributed by atoms with Crippen LogP contribution in [0.3, 0.4) is 0 Å². The highest BCUT2D eigenvalue weighted by Crippen LogP contribution is 2.25. The van der Waals surface area contributed by atoms with E-state index in [9.17, 15) is 23.1 Å². The number of carbonyl (C=O) groups excluding carboxylic acids is 2. The summed E-state index contributed by atoms with van der Waals surface area (Å²) in [5.41, 5.74) is 0.382. The fourth-order valence-electron chi connectivity index (χ4n) is 3.06. The standard InChI is InChI=1S/C19H22N4O5S/c1-3-18(25)20-14-4-5-17(24)16(12-14)19(26)22-8-10-23(11-9-22)29(27,28)15-6-7-21(2)13-15/h3-7,12-13,24H,1,8-11H2,2H3,(H,20,25). The van der Waals surface area contributed by atoms with E-state index in [2.05, 4.69) is 11.9 Å². The van der Waals surface area contributed by atoms with Gasteiger partial charge in [0.2, 0.25) is 15.9 Å². The predicted molar refractivity (Wildman–Crippen MR) is 107 cm³/mol. The highest BCUT2D eigenvalue weighted by molar-refractivity contribution is 7.89. The average Bonchev–Trinajstić information content (AvgIpc) is 3.16. The number of nitrogens with zero attached hydrogens (tertiary/aromatic N) is 3.